The molecular weight excluding hydrogens is 274 g/mol. The second-order valence-corrected chi connectivity index (χ2v) is 7.75. The Bertz CT molecular complexity index is 487. The Morgan fingerprint density at radius 3 is 2.74 bits per heavy atom. The van der Waals surface area contributed by atoms with Crippen LogP contribution in [0.3, 0.4) is 0 Å². The quantitative estimate of drug-likeness (QED) is 0.805. The fourth-order valence-corrected chi connectivity index (χ4v) is 5.00. The maximum atomic E-state index is 11.9. The van der Waals surface area contributed by atoms with Crippen molar-refractivity contribution in [3.05, 3.63) is 20.9 Å². The Kier molecular flexibility index (Phi) is 3.90. The number of thiophene rings is 1. The first-order chi connectivity index (χ1) is 9.15. The standard InChI is InChI=1S/C15H21NOS2/c1-9-13(8-10-2-4-11(18)5-3-10)19-12-6-7-16-15(17)14(9)12/h10-11,18H,2-8H2,1H3,(H,16,17). The molecule has 104 valence electrons. The van der Waals surface area contributed by atoms with E-state index in [0.29, 0.717) is 5.25 Å². The zero-order valence-corrected chi connectivity index (χ0v) is 13.1. The van der Waals surface area contributed by atoms with Gasteiger partial charge < -0.3 is 5.32 Å². The highest BCUT2D eigenvalue weighted by molar-refractivity contribution is 7.80. The number of nitrogens with one attached hydrogen (secondary N) is 1. The van der Waals surface area contributed by atoms with Crippen molar-refractivity contribution < 1.29 is 4.79 Å². The molecule has 4 heteroatoms. The molecule has 19 heavy (non-hydrogen) atoms. The Labute approximate surface area is 124 Å². The maximum Gasteiger partial charge on any atom is 0.252 e. The van der Waals surface area contributed by atoms with Crippen LogP contribution in [0, 0.1) is 12.8 Å². The van der Waals surface area contributed by atoms with E-state index in [4.69, 9.17) is 0 Å². The van der Waals surface area contributed by atoms with Crippen molar-refractivity contribution in [2.45, 2.75) is 50.7 Å². The third-order valence-electron chi connectivity index (χ3n) is 4.47. The van der Waals surface area contributed by atoms with Gasteiger partial charge in [0.2, 0.25) is 0 Å². The Hall–Kier alpha value is -0.480. The molecule has 0 radical (unpaired) electrons. The van der Waals surface area contributed by atoms with Gasteiger partial charge in [0.1, 0.15) is 0 Å². The van der Waals surface area contributed by atoms with Gasteiger partial charge in [0.05, 0.1) is 5.56 Å². The first kappa shape index (κ1) is 13.5. The van der Waals surface area contributed by atoms with E-state index in [2.05, 4.69) is 24.9 Å². The zero-order valence-electron chi connectivity index (χ0n) is 11.4. The molecule has 0 atom stereocenters. The number of hydrogen-bond donors (Lipinski definition) is 2. The summed E-state index contributed by atoms with van der Waals surface area (Å²) >= 11 is 6.45. The molecule has 1 aromatic rings. The van der Waals surface area contributed by atoms with Crippen molar-refractivity contribution in [3.63, 3.8) is 0 Å². The number of hydrogen-bond acceptors (Lipinski definition) is 3. The van der Waals surface area contributed by atoms with Crippen molar-refractivity contribution in [1.29, 1.82) is 0 Å². The highest BCUT2D eigenvalue weighted by atomic mass is 32.1. The van der Waals surface area contributed by atoms with Crippen LogP contribution in [0.5, 0.6) is 0 Å². The Morgan fingerprint density at radius 1 is 1.32 bits per heavy atom. The van der Waals surface area contributed by atoms with E-state index in [1.54, 1.807) is 0 Å². The van der Waals surface area contributed by atoms with Gasteiger partial charge >= 0.3 is 0 Å². The van der Waals surface area contributed by atoms with E-state index in [9.17, 15) is 4.79 Å². The van der Waals surface area contributed by atoms with Crippen LogP contribution in [0.25, 0.3) is 0 Å². The molecule has 1 saturated carbocycles. The molecule has 2 nitrogen and oxygen atoms in total. The van der Waals surface area contributed by atoms with E-state index in [1.165, 1.54) is 41.0 Å². The van der Waals surface area contributed by atoms with Crippen LogP contribution in [0.15, 0.2) is 0 Å². The van der Waals surface area contributed by atoms with Gasteiger partial charge in [-0.25, -0.2) is 0 Å². The molecule has 0 unspecified atom stereocenters. The molecule has 2 aliphatic rings. The normalized spacial score (nSPS) is 26.9. The minimum Gasteiger partial charge on any atom is -0.352 e. The van der Waals surface area contributed by atoms with Gasteiger partial charge in [0, 0.05) is 21.5 Å². The fraction of sp³-hybridized carbons (Fsp3) is 0.667. The molecule has 0 aromatic carbocycles. The predicted octanol–water partition coefficient (Wildman–Crippen LogP) is 3.37. The molecule has 3 rings (SSSR count). The summed E-state index contributed by atoms with van der Waals surface area (Å²) in [6, 6.07) is 0. The highest BCUT2D eigenvalue weighted by Gasteiger charge is 2.26. The maximum absolute atomic E-state index is 11.9. The van der Waals surface area contributed by atoms with Crippen molar-refractivity contribution in [2.75, 3.05) is 6.54 Å². The van der Waals surface area contributed by atoms with Crippen LogP contribution in [0.2, 0.25) is 0 Å². The number of carbonyl (C=O) groups is 1. The lowest BCUT2D eigenvalue weighted by Gasteiger charge is -2.25. The van der Waals surface area contributed by atoms with Crippen LogP contribution in [-0.2, 0) is 12.8 Å². The van der Waals surface area contributed by atoms with E-state index in [-0.39, 0.29) is 5.91 Å². The summed E-state index contributed by atoms with van der Waals surface area (Å²) in [6.45, 7) is 2.93. The minimum atomic E-state index is 0.139. The minimum absolute atomic E-state index is 0.139. The van der Waals surface area contributed by atoms with Crippen molar-refractivity contribution in [1.82, 2.24) is 5.32 Å². The van der Waals surface area contributed by atoms with Crippen LogP contribution in [0.4, 0.5) is 0 Å². The molecule has 1 N–H and O–H groups in total. The number of carbonyl (C=O) groups excluding carboxylic acids is 1. The number of amides is 1. The van der Waals surface area contributed by atoms with E-state index in [1.807, 2.05) is 11.3 Å². The third-order valence-corrected chi connectivity index (χ3v) is 6.36. The Balaban J connectivity index is 1.77. The molecule has 1 aliphatic carbocycles. The van der Waals surface area contributed by atoms with Gasteiger partial charge in [-0.2, -0.15) is 12.6 Å². The largest absolute Gasteiger partial charge is 0.352 e. The lowest BCUT2D eigenvalue weighted by atomic mass is 9.85. The molecular formula is C15H21NOS2. The second kappa shape index (κ2) is 5.49. The van der Waals surface area contributed by atoms with Crippen molar-refractivity contribution >= 4 is 29.9 Å². The van der Waals surface area contributed by atoms with E-state index >= 15 is 0 Å². The molecule has 2 heterocycles. The fourth-order valence-electron chi connectivity index (χ4n) is 3.28. The molecule has 1 aliphatic heterocycles. The van der Waals surface area contributed by atoms with E-state index < -0.39 is 0 Å². The average molecular weight is 295 g/mol. The SMILES string of the molecule is Cc1c(CC2CCC(S)CC2)sc2c1C(=O)NCC2. The van der Waals surface area contributed by atoms with Gasteiger partial charge in [0.25, 0.3) is 5.91 Å². The summed E-state index contributed by atoms with van der Waals surface area (Å²) < 4.78 is 0. The van der Waals surface area contributed by atoms with Crippen molar-refractivity contribution in [3.8, 4) is 0 Å². The Morgan fingerprint density at radius 2 is 2.05 bits per heavy atom. The zero-order chi connectivity index (χ0) is 13.4. The lowest BCUT2D eigenvalue weighted by Crippen LogP contribution is -2.31. The van der Waals surface area contributed by atoms with Gasteiger partial charge in [-0.1, -0.05) is 0 Å². The number of thiol groups is 1. The van der Waals surface area contributed by atoms with Gasteiger partial charge in [0.15, 0.2) is 0 Å². The summed E-state index contributed by atoms with van der Waals surface area (Å²) in [5, 5.41) is 3.57. The third kappa shape index (κ3) is 2.70. The first-order valence-corrected chi connectivity index (χ1v) is 8.56. The second-order valence-electron chi connectivity index (χ2n) is 5.83. The average Bonchev–Trinajstić information content (AvgIpc) is 2.71. The molecule has 1 aromatic heterocycles. The summed E-state index contributed by atoms with van der Waals surface area (Å²) in [7, 11) is 0. The first-order valence-electron chi connectivity index (χ1n) is 7.22. The molecule has 0 saturated heterocycles. The number of rotatable bonds is 2. The number of fused-ring (bicyclic) bond motifs is 1. The molecule has 0 spiro atoms. The lowest BCUT2D eigenvalue weighted by molar-refractivity contribution is 0.0946. The summed E-state index contributed by atoms with van der Waals surface area (Å²) in [6.07, 6.45) is 7.26. The van der Waals surface area contributed by atoms with Crippen LogP contribution >= 0.6 is 24.0 Å². The summed E-state index contributed by atoms with van der Waals surface area (Å²) in [5.41, 5.74) is 2.22. The van der Waals surface area contributed by atoms with Gasteiger partial charge in [-0.3, -0.25) is 4.79 Å². The summed E-state index contributed by atoms with van der Waals surface area (Å²) in [4.78, 5) is 14.7. The highest BCUT2D eigenvalue weighted by Crippen LogP contribution is 2.36. The topological polar surface area (TPSA) is 29.1 Å². The molecule has 1 fully saturated rings. The van der Waals surface area contributed by atoms with E-state index in [0.717, 1.165) is 30.9 Å². The summed E-state index contributed by atoms with van der Waals surface area (Å²) in [5.74, 6) is 0.936. The smallest absolute Gasteiger partial charge is 0.252 e. The monoisotopic (exact) mass is 295 g/mol. The van der Waals surface area contributed by atoms with Crippen LogP contribution < -0.4 is 5.32 Å². The van der Waals surface area contributed by atoms with Crippen LogP contribution in [-0.4, -0.2) is 17.7 Å². The van der Waals surface area contributed by atoms with Crippen LogP contribution in [0.1, 0.15) is 51.4 Å². The molecule has 1 amide bonds. The predicted molar refractivity (Wildman–Crippen MR) is 83.5 cm³/mol. The van der Waals surface area contributed by atoms with Gasteiger partial charge in [-0.15, -0.1) is 11.3 Å². The van der Waals surface area contributed by atoms with Gasteiger partial charge in [-0.05, 0) is 56.9 Å². The van der Waals surface area contributed by atoms with Crippen molar-refractivity contribution in [2.24, 2.45) is 5.92 Å². The molecule has 0 bridgehead atoms.